The molecule has 0 heterocycles. The third-order valence-electron chi connectivity index (χ3n) is 6.20. The predicted molar refractivity (Wildman–Crippen MR) is 130 cm³/mol. The van der Waals surface area contributed by atoms with Gasteiger partial charge in [-0.25, -0.2) is 0 Å². The Morgan fingerprint density at radius 2 is 1.27 bits per heavy atom. The lowest BCUT2D eigenvalue weighted by molar-refractivity contribution is -0.119. The van der Waals surface area contributed by atoms with Crippen LogP contribution in [0.25, 0.3) is 0 Å². The van der Waals surface area contributed by atoms with E-state index in [1.807, 2.05) is 0 Å². The Bertz CT molecular complexity index is 661. The van der Waals surface area contributed by atoms with Crippen molar-refractivity contribution in [1.29, 1.82) is 0 Å². The van der Waals surface area contributed by atoms with Crippen molar-refractivity contribution in [2.24, 2.45) is 0 Å². The molecule has 1 atom stereocenters. The number of carbonyl (C=O) groups is 1. The summed E-state index contributed by atoms with van der Waals surface area (Å²) in [6, 6.07) is 21.7. The molecule has 0 saturated carbocycles. The van der Waals surface area contributed by atoms with Gasteiger partial charge in [-0.05, 0) is 55.6 Å². The van der Waals surface area contributed by atoms with E-state index in [1.165, 1.54) is 68.9 Å². The zero-order chi connectivity index (χ0) is 21.3. The molecule has 0 saturated heterocycles. The molecule has 0 aliphatic rings. The van der Waals surface area contributed by atoms with Crippen LogP contribution in [0, 0.1) is 0 Å². The minimum absolute atomic E-state index is 0.474. The van der Waals surface area contributed by atoms with E-state index < -0.39 is 0 Å². The number of unbranched alkanes of at least 4 members (excludes halogenated alkanes) is 6. The summed E-state index contributed by atoms with van der Waals surface area (Å²) in [7, 11) is 0. The molecule has 0 spiro atoms. The van der Waals surface area contributed by atoms with Gasteiger partial charge in [-0.1, -0.05) is 106 Å². The fraction of sp³-hybridized carbons (Fsp3) is 0.552. The molecule has 0 fully saturated rings. The summed E-state index contributed by atoms with van der Waals surface area (Å²) in [5, 5.41) is 0. The Kier molecular flexibility index (Phi) is 12.9. The van der Waals surface area contributed by atoms with Crippen LogP contribution in [0.4, 0.5) is 0 Å². The van der Waals surface area contributed by atoms with E-state index in [9.17, 15) is 4.79 Å². The number of hydrogen-bond acceptors (Lipinski definition) is 1. The van der Waals surface area contributed by atoms with Crippen molar-refractivity contribution >= 4 is 5.78 Å². The van der Waals surface area contributed by atoms with E-state index >= 15 is 0 Å². The predicted octanol–water partition coefficient (Wildman–Crippen LogP) is 8.67. The van der Waals surface area contributed by atoms with Gasteiger partial charge in [-0.2, -0.15) is 0 Å². The van der Waals surface area contributed by atoms with Crippen molar-refractivity contribution in [3.63, 3.8) is 0 Å². The van der Waals surface area contributed by atoms with Crippen LogP contribution in [-0.4, -0.2) is 5.78 Å². The van der Waals surface area contributed by atoms with Crippen LogP contribution >= 0.6 is 0 Å². The van der Waals surface area contributed by atoms with Gasteiger partial charge < -0.3 is 0 Å². The largest absolute Gasteiger partial charge is 0.300 e. The maximum absolute atomic E-state index is 12.3. The monoisotopic (exact) mass is 406 g/mol. The van der Waals surface area contributed by atoms with Crippen LogP contribution in [0.15, 0.2) is 60.7 Å². The van der Waals surface area contributed by atoms with Gasteiger partial charge in [0.05, 0.1) is 0 Å². The molecule has 0 N–H and O–H groups in total. The average Bonchev–Trinajstić information content (AvgIpc) is 2.79. The van der Waals surface area contributed by atoms with Gasteiger partial charge in [0.1, 0.15) is 5.78 Å². The smallest absolute Gasteiger partial charge is 0.132 e. The first-order valence-corrected chi connectivity index (χ1v) is 12.4. The number of ketones is 1. The zero-order valence-electron chi connectivity index (χ0n) is 19.2. The molecule has 164 valence electrons. The van der Waals surface area contributed by atoms with Gasteiger partial charge in [0.25, 0.3) is 0 Å². The van der Waals surface area contributed by atoms with Crippen LogP contribution < -0.4 is 0 Å². The second-order valence-electron chi connectivity index (χ2n) is 8.79. The Morgan fingerprint density at radius 1 is 0.667 bits per heavy atom. The molecular weight excluding hydrogens is 364 g/mol. The molecule has 1 heteroatoms. The van der Waals surface area contributed by atoms with Crippen molar-refractivity contribution < 1.29 is 4.79 Å². The van der Waals surface area contributed by atoms with Gasteiger partial charge in [0.15, 0.2) is 0 Å². The normalized spacial score (nSPS) is 12.0. The minimum atomic E-state index is 0.474. The lowest BCUT2D eigenvalue weighted by Gasteiger charge is -2.17. The van der Waals surface area contributed by atoms with Crippen molar-refractivity contribution in [2.75, 3.05) is 0 Å². The SMILES string of the molecule is CCCCCCCCC(=O)CCCC(CCCCc1ccccc1)c1ccccc1. The van der Waals surface area contributed by atoms with Crippen LogP contribution in [0.1, 0.15) is 107 Å². The zero-order valence-corrected chi connectivity index (χ0v) is 19.2. The van der Waals surface area contributed by atoms with E-state index in [-0.39, 0.29) is 0 Å². The number of rotatable bonds is 17. The van der Waals surface area contributed by atoms with Crippen molar-refractivity contribution in [1.82, 2.24) is 0 Å². The molecule has 0 aliphatic heterocycles. The number of benzene rings is 2. The summed E-state index contributed by atoms with van der Waals surface area (Å²) < 4.78 is 0. The number of aryl methyl sites for hydroxylation is 1. The number of carbonyl (C=O) groups excluding carboxylic acids is 1. The van der Waals surface area contributed by atoms with Crippen LogP contribution in [-0.2, 0) is 11.2 Å². The van der Waals surface area contributed by atoms with Crippen LogP contribution in [0.2, 0.25) is 0 Å². The molecule has 2 aromatic carbocycles. The second kappa shape index (κ2) is 15.9. The van der Waals surface area contributed by atoms with E-state index in [2.05, 4.69) is 67.6 Å². The van der Waals surface area contributed by atoms with Crippen molar-refractivity contribution in [3.05, 3.63) is 71.8 Å². The summed E-state index contributed by atoms with van der Waals surface area (Å²) in [6.07, 6.45) is 16.2. The third-order valence-corrected chi connectivity index (χ3v) is 6.20. The Balaban J connectivity index is 1.67. The van der Waals surface area contributed by atoms with Crippen LogP contribution in [0.3, 0.4) is 0 Å². The molecule has 0 amide bonds. The highest BCUT2D eigenvalue weighted by molar-refractivity contribution is 5.78. The van der Waals surface area contributed by atoms with Gasteiger partial charge in [-0.3, -0.25) is 4.79 Å². The summed E-state index contributed by atoms with van der Waals surface area (Å²) in [5.74, 6) is 1.06. The number of Topliss-reactive ketones (excluding diaryl/α,β-unsaturated/α-hetero) is 1. The Morgan fingerprint density at radius 3 is 2.00 bits per heavy atom. The standard InChI is InChI=1S/C29H42O/c1-2-3-4-5-6-13-24-29(30)25-16-23-28(27-20-11-8-12-21-27)22-15-14-19-26-17-9-7-10-18-26/h7-12,17-18,20-21,28H,2-6,13-16,19,22-25H2,1H3. The van der Waals surface area contributed by atoms with Gasteiger partial charge >= 0.3 is 0 Å². The Labute approximate surface area is 185 Å². The molecule has 2 rings (SSSR count). The molecule has 0 aromatic heterocycles. The van der Waals surface area contributed by atoms with E-state index in [0.717, 1.165) is 32.1 Å². The van der Waals surface area contributed by atoms with Crippen molar-refractivity contribution in [2.45, 2.75) is 103 Å². The fourth-order valence-electron chi connectivity index (χ4n) is 4.34. The molecule has 30 heavy (non-hydrogen) atoms. The highest BCUT2D eigenvalue weighted by Crippen LogP contribution is 2.28. The first-order valence-electron chi connectivity index (χ1n) is 12.4. The second-order valence-corrected chi connectivity index (χ2v) is 8.79. The topological polar surface area (TPSA) is 17.1 Å². The van der Waals surface area contributed by atoms with Crippen LogP contribution in [0.5, 0.6) is 0 Å². The highest BCUT2D eigenvalue weighted by atomic mass is 16.1. The quantitative estimate of drug-likeness (QED) is 0.240. The fourth-order valence-corrected chi connectivity index (χ4v) is 4.34. The summed E-state index contributed by atoms with van der Waals surface area (Å²) >= 11 is 0. The molecule has 1 nitrogen and oxygen atoms in total. The van der Waals surface area contributed by atoms with E-state index in [1.54, 1.807) is 0 Å². The van der Waals surface area contributed by atoms with E-state index in [4.69, 9.17) is 0 Å². The van der Waals surface area contributed by atoms with Crippen molar-refractivity contribution in [3.8, 4) is 0 Å². The van der Waals surface area contributed by atoms with Gasteiger partial charge in [0.2, 0.25) is 0 Å². The summed E-state index contributed by atoms with van der Waals surface area (Å²) in [4.78, 5) is 12.3. The minimum Gasteiger partial charge on any atom is -0.300 e. The van der Waals surface area contributed by atoms with Gasteiger partial charge in [0, 0.05) is 12.8 Å². The lowest BCUT2D eigenvalue weighted by atomic mass is 9.88. The molecular formula is C29H42O. The molecule has 0 bridgehead atoms. The third kappa shape index (κ3) is 10.8. The van der Waals surface area contributed by atoms with E-state index in [0.29, 0.717) is 11.7 Å². The average molecular weight is 407 g/mol. The highest BCUT2D eigenvalue weighted by Gasteiger charge is 2.12. The molecule has 1 unspecified atom stereocenters. The first-order chi connectivity index (χ1) is 14.8. The summed E-state index contributed by atoms with van der Waals surface area (Å²) in [5.41, 5.74) is 2.88. The maximum Gasteiger partial charge on any atom is 0.132 e. The molecule has 0 aliphatic carbocycles. The Hall–Kier alpha value is -1.89. The summed E-state index contributed by atoms with van der Waals surface area (Å²) in [6.45, 7) is 2.25. The molecule has 2 aromatic rings. The first kappa shape index (κ1) is 24.4. The molecule has 0 radical (unpaired) electrons. The van der Waals surface area contributed by atoms with Gasteiger partial charge in [-0.15, -0.1) is 0 Å². The maximum atomic E-state index is 12.3. The number of hydrogen-bond donors (Lipinski definition) is 0. The lowest BCUT2D eigenvalue weighted by Crippen LogP contribution is -2.03.